The molecule has 0 spiro atoms. The summed E-state index contributed by atoms with van der Waals surface area (Å²) in [6, 6.07) is 0. The molecule has 1 aliphatic rings. The third-order valence-electron chi connectivity index (χ3n) is 1.69. The van der Waals surface area contributed by atoms with E-state index in [1.165, 1.54) is 4.80 Å². The quantitative estimate of drug-likeness (QED) is 0.600. The molecule has 0 radical (unpaired) electrons. The summed E-state index contributed by atoms with van der Waals surface area (Å²) in [5, 5.41) is 10.6. The molecule has 1 aliphatic heterocycles. The van der Waals surface area contributed by atoms with E-state index >= 15 is 0 Å². The molecular weight excluding hydrogens is 144 g/mol. The van der Waals surface area contributed by atoms with Crippen LogP contribution < -0.4 is 5.32 Å². The van der Waals surface area contributed by atoms with E-state index in [9.17, 15) is 4.79 Å². The van der Waals surface area contributed by atoms with E-state index in [1.54, 1.807) is 12.4 Å². The number of hydrogen-bond acceptors (Lipinski definition) is 3. The van der Waals surface area contributed by atoms with E-state index in [4.69, 9.17) is 0 Å². The molecular formula is C6H8N4O. The van der Waals surface area contributed by atoms with Crippen LogP contribution in [-0.4, -0.2) is 20.9 Å². The molecule has 5 nitrogen and oxygen atoms in total. The zero-order valence-corrected chi connectivity index (χ0v) is 5.90. The molecule has 2 rings (SSSR count). The minimum absolute atomic E-state index is 0.0301. The van der Waals surface area contributed by atoms with Crippen LogP contribution in [0.5, 0.6) is 0 Å². The first-order valence-electron chi connectivity index (χ1n) is 3.51. The lowest BCUT2D eigenvalue weighted by molar-refractivity contribution is -0.119. The molecule has 0 aliphatic carbocycles. The Morgan fingerprint density at radius 2 is 2.27 bits per heavy atom. The normalized spacial score (nSPS) is 23.6. The highest BCUT2D eigenvalue weighted by Gasteiger charge is 2.22. The number of hydrogen-bond donors (Lipinski definition) is 1. The summed E-state index contributed by atoms with van der Waals surface area (Å²) >= 11 is 0. The van der Waals surface area contributed by atoms with Crippen LogP contribution in [0.2, 0.25) is 0 Å². The summed E-state index contributed by atoms with van der Waals surface area (Å²) in [6.07, 6.45) is 4.53. The average molecular weight is 152 g/mol. The van der Waals surface area contributed by atoms with Gasteiger partial charge in [-0.25, -0.2) is 0 Å². The molecule has 1 atom stereocenters. The molecule has 5 heteroatoms. The highest BCUT2D eigenvalue weighted by molar-refractivity contribution is 5.77. The van der Waals surface area contributed by atoms with Crippen LogP contribution in [0.3, 0.4) is 0 Å². The molecule has 1 unspecified atom stereocenters. The molecule has 0 bridgehead atoms. The lowest BCUT2D eigenvalue weighted by Gasteiger charge is -2.06. The Kier molecular flexibility index (Phi) is 1.34. The summed E-state index contributed by atoms with van der Waals surface area (Å²) in [6.45, 7) is 0. The topological polar surface area (TPSA) is 59.8 Å². The van der Waals surface area contributed by atoms with Crippen molar-refractivity contribution in [1.29, 1.82) is 0 Å². The largest absolute Gasteiger partial charge is 0.333 e. The van der Waals surface area contributed by atoms with Crippen molar-refractivity contribution < 1.29 is 4.79 Å². The van der Waals surface area contributed by atoms with Crippen LogP contribution in [0.4, 0.5) is 0 Å². The third kappa shape index (κ3) is 1.09. The van der Waals surface area contributed by atoms with Crippen molar-refractivity contribution in [2.45, 2.75) is 19.0 Å². The van der Waals surface area contributed by atoms with Gasteiger partial charge in [0.15, 0.2) is 0 Å². The predicted molar refractivity (Wildman–Crippen MR) is 36.4 cm³/mol. The van der Waals surface area contributed by atoms with Crippen LogP contribution in [0, 0.1) is 0 Å². The molecule has 11 heavy (non-hydrogen) atoms. The van der Waals surface area contributed by atoms with Crippen molar-refractivity contribution >= 4 is 5.91 Å². The minimum Gasteiger partial charge on any atom is -0.333 e. The molecule has 2 heterocycles. The summed E-state index contributed by atoms with van der Waals surface area (Å²) in [4.78, 5) is 12.3. The van der Waals surface area contributed by atoms with Crippen LogP contribution in [0.15, 0.2) is 12.4 Å². The monoisotopic (exact) mass is 152 g/mol. The number of carbonyl (C=O) groups excluding carboxylic acids is 1. The first kappa shape index (κ1) is 6.33. The predicted octanol–water partition coefficient (Wildman–Crippen LogP) is -0.313. The van der Waals surface area contributed by atoms with Gasteiger partial charge in [-0.15, -0.1) is 0 Å². The summed E-state index contributed by atoms with van der Waals surface area (Å²) in [5.74, 6) is 0.0762. The van der Waals surface area contributed by atoms with Crippen LogP contribution >= 0.6 is 0 Å². The van der Waals surface area contributed by atoms with Crippen LogP contribution in [0.1, 0.15) is 19.0 Å². The SMILES string of the molecule is O=C1CCC(n2nccn2)N1. The number of rotatable bonds is 1. The fourth-order valence-electron chi connectivity index (χ4n) is 1.16. The Hall–Kier alpha value is -1.39. The van der Waals surface area contributed by atoms with Gasteiger partial charge in [0.05, 0.1) is 12.4 Å². The smallest absolute Gasteiger partial charge is 0.221 e. The molecule has 1 aromatic rings. The van der Waals surface area contributed by atoms with E-state index in [0.29, 0.717) is 6.42 Å². The van der Waals surface area contributed by atoms with Gasteiger partial charge in [-0.05, 0) is 6.42 Å². The van der Waals surface area contributed by atoms with E-state index in [2.05, 4.69) is 15.5 Å². The second kappa shape index (κ2) is 2.34. The number of nitrogens with one attached hydrogen (secondary N) is 1. The van der Waals surface area contributed by atoms with Crippen molar-refractivity contribution in [2.24, 2.45) is 0 Å². The lowest BCUT2D eigenvalue weighted by atomic mass is 10.3. The van der Waals surface area contributed by atoms with E-state index in [1.807, 2.05) is 0 Å². The zero-order chi connectivity index (χ0) is 7.68. The van der Waals surface area contributed by atoms with Crippen molar-refractivity contribution in [2.75, 3.05) is 0 Å². The Morgan fingerprint density at radius 3 is 2.82 bits per heavy atom. The van der Waals surface area contributed by atoms with Crippen molar-refractivity contribution in [3.05, 3.63) is 12.4 Å². The van der Waals surface area contributed by atoms with Gasteiger partial charge in [-0.1, -0.05) is 0 Å². The zero-order valence-electron chi connectivity index (χ0n) is 5.90. The fourth-order valence-corrected chi connectivity index (χ4v) is 1.16. The molecule has 0 saturated carbocycles. The number of aromatic nitrogens is 3. The summed E-state index contributed by atoms with van der Waals surface area (Å²) in [5.41, 5.74) is 0. The Labute approximate surface area is 63.4 Å². The third-order valence-corrected chi connectivity index (χ3v) is 1.69. The van der Waals surface area contributed by atoms with E-state index in [0.717, 1.165) is 6.42 Å². The van der Waals surface area contributed by atoms with Gasteiger partial charge in [-0.2, -0.15) is 15.0 Å². The lowest BCUT2D eigenvalue weighted by Crippen LogP contribution is -2.25. The Bertz CT molecular complexity index is 256. The second-order valence-corrected chi connectivity index (χ2v) is 2.47. The molecule has 1 saturated heterocycles. The van der Waals surface area contributed by atoms with Crippen LogP contribution in [0.25, 0.3) is 0 Å². The first-order chi connectivity index (χ1) is 5.36. The summed E-state index contributed by atoms with van der Waals surface area (Å²) in [7, 11) is 0. The highest BCUT2D eigenvalue weighted by atomic mass is 16.2. The molecule has 1 N–H and O–H groups in total. The van der Waals surface area contributed by atoms with Gasteiger partial charge in [0, 0.05) is 6.42 Å². The van der Waals surface area contributed by atoms with Crippen molar-refractivity contribution in [3.8, 4) is 0 Å². The maximum Gasteiger partial charge on any atom is 0.221 e. The van der Waals surface area contributed by atoms with Gasteiger partial charge >= 0.3 is 0 Å². The second-order valence-electron chi connectivity index (χ2n) is 2.47. The van der Waals surface area contributed by atoms with E-state index < -0.39 is 0 Å². The Morgan fingerprint density at radius 1 is 1.55 bits per heavy atom. The molecule has 0 aromatic carbocycles. The standard InChI is InChI=1S/C6H8N4O/c11-6-2-1-5(9-6)10-7-3-4-8-10/h3-5H,1-2H2,(H,9,11). The maximum absolute atomic E-state index is 10.8. The van der Waals surface area contributed by atoms with Gasteiger partial charge < -0.3 is 5.32 Å². The van der Waals surface area contributed by atoms with Gasteiger partial charge in [-0.3, -0.25) is 4.79 Å². The summed E-state index contributed by atoms with van der Waals surface area (Å²) < 4.78 is 0. The maximum atomic E-state index is 10.8. The number of amides is 1. The molecule has 1 amide bonds. The molecule has 1 aromatic heterocycles. The van der Waals surface area contributed by atoms with Gasteiger partial charge in [0.25, 0.3) is 0 Å². The Balaban J connectivity index is 2.13. The number of carbonyl (C=O) groups is 1. The molecule has 58 valence electrons. The van der Waals surface area contributed by atoms with Gasteiger partial charge in [0.2, 0.25) is 5.91 Å². The van der Waals surface area contributed by atoms with Crippen molar-refractivity contribution in [3.63, 3.8) is 0 Å². The highest BCUT2D eigenvalue weighted by Crippen LogP contribution is 2.14. The first-order valence-corrected chi connectivity index (χ1v) is 3.51. The average Bonchev–Trinajstić information content (AvgIpc) is 2.55. The fraction of sp³-hybridized carbons (Fsp3) is 0.500. The van der Waals surface area contributed by atoms with Crippen molar-refractivity contribution in [1.82, 2.24) is 20.3 Å². The number of nitrogens with zero attached hydrogens (tertiary/aromatic N) is 3. The minimum atomic E-state index is -0.0301. The van der Waals surface area contributed by atoms with Gasteiger partial charge in [0.1, 0.15) is 6.17 Å². The van der Waals surface area contributed by atoms with E-state index in [-0.39, 0.29) is 12.1 Å². The molecule has 1 fully saturated rings. The van der Waals surface area contributed by atoms with Crippen LogP contribution in [-0.2, 0) is 4.79 Å².